The maximum Gasteiger partial charge on any atom is 0.251 e. The Morgan fingerprint density at radius 1 is 1.00 bits per heavy atom. The summed E-state index contributed by atoms with van der Waals surface area (Å²) in [4.78, 5) is 12.3. The van der Waals surface area contributed by atoms with Gasteiger partial charge < -0.3 is 5.32 Å². The first kappa shape index (κ1) is 15.0. The number of anilines is 1. The van der Waals surface area contributed by atoms with Gasteiger partial charge in [-0.2, -0.15) is 0 Å². The van der Waals surface area contributed by atoms with Gasteiger partial charge in [0.15, 0.2) is 0 Å². The van der Waals surface area contributed by atoms with Crippen LogP contribution in [0.15, 0.2) is 48.0 Å². The average molecular weight is 279 g/mol. The van der Waals surface area contributed by atoms with E-state index in [-0.39, 0.29) is 5.91 Å². The molecule has 0 bridgehead atoms. The Bertz CT molecular complexity index is 661. The van der Waals surface area contributed by atoms with Gasteiger partial charge in [0.2, 0.25) is 0 Å². The Labute approximate surface area is 126 Å². The number of amides is 1. The topological polar surface area (TPSA) is 29.1 Å². The highest BCUT2D eigenvalue weighted by atomic mass is 16.1. The zero-order valence-electron chi connectivity index (χ0n) is 13.0. The maximum absolute atomic E-state index is 12.3. The molecular formula is C19H21NO. The molecule has 2 rings (SSSR count). The van der Waals surface area contributed by atoms with Gasteiger partial charge in [0.25, 0.3) is 5.91 Å². The number of hydrogen-bond acceptors (Lipinski definition) is 1. The monoisotopic (exact) mass is 279 g/mol. The maximum atomic E-state index is 12.3. The molecule has 0 aliphatic heterocycles. The third kappa shape index (κ3) is 3.82. The first-order valence-corrected chi connectivity index (χ1v) is 7.10. The fourth-order valence-corrected chi connectivity index (χ4v) is 2.45. The van der Waals surface area contributed by atoms with Gasteiger partial charge in [-0.1, -0.05) is 48.0 Å². The number of carbonyl (C=O) groups is 1. The SMILES string of the molecule is C/C(=C\c1ccccc1)C(=O)Nc1c(C)cc(C)cc1C. The van der Waals surface area contributed by atoms with E-state index in [2.05, 4.69) is 24.4 Å². The summed E-state index contributed by atoms with van der Waals surface area (Å²) in [6.07, 6.45) is 1.90. The molecular weight excluding hydrogens is 258 g/mol. The van der Waals surface area contributed by atoms with Crippen molar-refractivity contribution in [1.29, 1.82) is 0 Å². The van der Waals surface area contributed by atoms with Gasteiger partial charge in [0.05, 0.1) is 0 Å². The van der Waals surface area contributed by atoms with Crippen LogP contribution in [0.4, 0.5) is 5.69 Å². The van der Waals surface area contributed by atoms with Crippen LogP contribution in [0.25, 0.3) is 6.08 Å². The minimum Gasteiger partial charge on any atom is -0.322 e. The molecule has 0 unspecified atom stereocenters. The van der Waals surface area contributed by atoms with Crippen LogP contribution < -0.4 is 5.32 Å². The lowest BCUT2D eigenvalue weighted by Gasteiger charge is -2.13. The molecule has 0 aromatic heterocycles. The summed E-state index contributed by atoms with van der Waals surface area (Å²) in [6, 6.07) is 14.0. The van der Waals surface area contributed by atoms with Crippen molar-refractivity contribution >= 4 is 17.7 Å². The molecule has 0 aliphatic carbocycles. The molecule has 108 valence electrons. The smallest absolute Gasteiger partial charge is 0.251 e. The van der Waals surface area contributed by atoms with E-state index < -0.39 is 0 Å². The minimum atomic E-state index is -0.0612. The normalized spacial score (nSPS) is 11.3. The zero-order valence-corrected chi connectivity index (χ0v) is 13.0. The minimum absolute atomic E-state index is 0.0612. The predicted molar refractivity (Wildman–Crippen MR) is 89.4 cm³/mol. The van der Waals surface area contributed by atoms with E-state index in [1.807, 2.05) is 57.2 Å². The van der Waals surface area contributed by atoms with Gasteiger partial charge in [0.1, 0.15) is 0 Å². The van der Waals surface area contributed by atoms with Crippen LogP contribution >= 0.6 is 0 Å². The summed E-state index contributed by atoms with van der Waals surface area (Å²) >= 11 is 0. The molecule has 0 saturated heterocycles. The van der Waals surface area contributed by atoms with Crippen LogP contribution in [-0.4, -0.2) is 5.91 Å². The third-order valence-electron chi connectivity index (χ3n) is 3.46. The van der Waals surface area contributed by atoms with Crippen molar-refractivity contribution in [3.05, 3.63) is 70.3 Å². The molecule has 2 nitrogen and oxygen atoms in total. The lowest BCUT2D eigenvalue weighted by molar-refractivity contribution is -0.112. The van der Waals surface area contributed by atoms with Gasteiger partial charge >= 0.3 is 0 Å². The molecule has 0 saturated carbocycles. The lowest BCUT2D eigenvalue weighted by atomic mass is 10.0. The number of rotatable bonds is 3. The molecule has 0 fully saturated rings. The van der Waals surface area contributed by atoms with Gasteiger partial charge in [-0.25, -0.2) is 0 Å². The first-order valence-electron chi connectivity index (χ1n) is 7.10. The van der Waals surface area contributed by atoms with Crippen molar-refractivity contribution in [2.75, 3.05) is 5.32 Å². The molecule has 0 aliphatic rings. The molecule has 2 aromatic carbocycles. The van der Waals surface area contributed by atoms with Gasteiger partial charge in [-0.3, -0.25) is 4.79 Å². The highest BCUT2D eigenvalue weighted by Crippen LogP contribution is 2.22. The fourth-order valence-electron chi connectivity index (χ4n) is 2.45. The van der Waals surface area contributed by atoms with Crippen LogP contribution in [-0.2, 0) is 4.79 Å². The second kappa shape index (κ2) is 6.40. The van der Waals surface area contributed by atoms with Crippen LogP contribution in [0.2, 0.25) is 0 Å². The van der Waals surface area contributed by atoms with Crippen LogP contribution in [0.5, 0.6) is 0 Å². The van der Waals surface area contributed by atoms with E-state index in [0.717, 1.165) is 22.4 Å². The van der Waals surface area contributed by atoms with Crippen LogP contribution in [0, 0.1) is 20.8 Å². The predicted octanol–water partition coefficient (Wildman–Crippen LogP) is 4.65. The number of carbonyl (C=O) groups excluding carboxylic acids is 1. The Morgan fingerprint density at radius 2 is 1.57 bits per heavy atom. The summed E-state index contributed by atoms with van der Waals surface area (Å²) in [7, 11) is 0. The molecule has 0 heterocycles. The standard InChI is InChI=1S/C19H21NO/c1-13-10-14(2)18(15(3)11-13)20-19(21)16(4)12-17-8-6-5-7-9-17/h5-12H,1-4H3,(H,20,21)/b16-12+. The Kier molecular flexibility index (Phi) is 4.59. The van der Waals surface area contributed by atoms with E-state index >= 15 is 0 Å². The Balaban J connectivity index is 2.21. The number of nitrogens with one attached hydrogen (secondary N) is 1. The third-order valence-corrected chi connectivity index (χ3v) is 3.46. The summed E-state index contributed by atoms with van der Waals surface area (Å²) in [5.41, 5.74) is 6.02. The molecule has 0 spiro atoms. The molecule has 1 N–H and O–H groups in total. The van der Waals surface area contributed by atoms with E-state index in [0.29, 0.717) is 5.57 Å². The highest BCUT2D eigenvalue weighted by molar-refractivity contribution is 6.06. The quantitative estimate of drug-likeness (QED) is 0.814. The second-order valence-corrected chi connectivity index (χ2v) is 5.47. The van der Waals surface area contributed by atoms with E-state index in [9.17, 15) is 4.79 Å². The fraction of sp³-hybridized carbons (Fsp3) is 0.211. The van der Waals surface area contributed by atoms with Gasteiger partial charge in [-0.15, -0.1) is 0 Å². The molecule has 2 heteroatoms. The van der Waals surface area contributed by atoms with E-state index in [4.69, 9.17) is 0 Å². The molecule has 0 atom stereocenters. The molecule has 0 radical (unpaired) electrons. The molecule has 2 aromatic rings. The molecule has 21 heavy (non-hydrogen) atoms. The average Bonchev–Trinajstić information content (AvgIpc) is 2.43. The van der Waals surface area contributed by atoms with Crippen LogP contribution in [0.3, 0.4) is 0 Å². The van der Waals surface area contributed by atoms with Crippen molar-refractivity contribution in [3.8, 4) is 0 Å². The van der Waals surface area contributed by atoms with Crippen molar-refractivity contribution in [3.63, 3.8) is 0 Å². The second-order valence-electron chi connectivity index (χ2n) is 5.47. The summed E-state index contributed by atoms with van der Waals surface area (Å²) < 4.78 is 0. The zero-order chi connectivity index (χ0) is 15.4. The summed E-state index contributed by atoms with van der Waals surface area (Å²) in [5, 5.41) is 3.02. The number of benzene rings is 2. The summed E-state index contributed by atoms with van der Waals surface area (Å²) in [5.74, 6) is -0.0612. The van der Waals surface area contributed by atoms with E-state index in [1.165, 1.54) is 5.56 Å². The Morgan fingerprint density at radius 3 is 2.14 bits per heavy atom. The Hall–Kier alpha value is -2.35. The van der Waals surface area contributed by atoms with Crippen molar-refractivity contribution < 1.29 is 4.79 Å². The highest BCUT2D eigenvalue weighted by Gasteiger charge is 2.09. The van der Waals surface area contributed by atoms with Crippen LogP contribution in [0.1, 0.15) is 29.2 Å². The molecule has 1 amide bonds. The van der Waals surface area contributed by atoms with Crippen molar-refractivity contribution in [2.45, 2.75) is 27.7 Å². The van der Waals surface area contributed by atoms with Crippen molar-refractivity contribution in [2.24, 2.45) is 0 Å². The van der Waals surface area contributed by atoms with Gasteiger partial charge in [0, 0.05) is 11.3 Å². The van der Waals surface area contributed by atoms with E-state index in [1.54, 1.807) is 0 Å². The van der Waals surface area contributed by atoms with Crippen molar-refractivity contribution in [1.82, 2.24) is 0 Å². The number of hydrogen-bond donors (Lipinski definition) is 1. The number of aryl methyl sites for hydroxylation is 3. The van der Waals surface area contributed by atoms with Gasteiger partial charge in [-0.05, 0) is 50.5 Å². The first-order chi connectivity index (χ1) is 9.97. The lowest BCUT2D eigenvalue weighted by Crippen LogP contribution is -2.14. The summed E-state index contributed by atoms with van der Waals surface area (Å²) in [6.45, 7) is 7.94. The largest absolute Gasteiger partial charge is 0.322 e.